The number of phenols is 1. The molecule has 9 heteroatoms. The van der Waals surface area contributed by atoms with Crippen molar-refractivity contribution in [3.63, 3.8) is 0 Å². The maximum Gasteiger partial charge on any atom is 0.211 e. The van der Waals surface area contributed by atoms with Gasteiger partial charge in [-0.1, -0.05) is 28.1 Å². The predicted molar refractivity (Wildman–Crippen MR) is 131 cm³/mol. The second-order valence-electron chi connectivity index (χ2n) is 6.13. The lowest BCUT2D eigenvalue weighted by atomic mass is 10.2. The molecule has 0 radical (unpaired) electrons. The van der Waals surface area contributed by atoms with E-state index in [9.17, 15) is 5.11 Å². The highest BCUT2D eigenvalue weighted by Gasteiger charge is 2.09. The van der Waals surface area contributed by atoms with Crippen LogP contribution in [0.2, 0.25) is 0 Å². The van der Waals surface area contributed by atoms with Gasteiger partial charge >= 0.3 is 0 Å². The molecule has 0 unspecified atom stereocenters. The average molecular weight is 609 g/mol. The normalized spacial score (nSPS) is 12.0. The molecule has 0 aliphatic rings. The summed E-state index contributed by atoms with van der Waals surface area (Å²) in [4.78, 5) is 9.55. The van der Waals surface area contributed by atoms with Gasteiger partial charge in [0.1, 0.15) is 5.75 Å². The van der Waals surface area contributed by atoms with E-state index in [1.807, 2.05) is 41.8 Å². The fraction of sp³-hybridized carbons (Fsp3) is 0. The molecule has 4 aromatic rings. The molecule has 0 bridgehead atoms. The largest absolute Gasteiger partial charge is 0.506 e. The molecule has 0 aliphatic carbocycles. The van der Waals surface area contributed by atoms with Crippen molar-refractivity contribution in [2.45, 2.75) is 0 Å². The molecule has 2 aromatic carbocycles. The number of pyridine rings is 1. The lowest BCUT2D eigenvalue weighted by molar-refractivity contribution is 0.468. The Morgan fingerprint density at radius 1 is 1.03 bits per heavy atom. The van der Waals surface area contributed by atoms with Gasteiger partial charge in [-0.15, -0.1) is 11.3 Å². The predicted octanol–water partition coefficient (Wildman–Crippen LogP) is 6.72. The molecule has 2 aromatic heterocycles. The summed E-state index contributed by atoms with van der Waals surface area (Å²) in [5.74, 6) is 0.150. The number of nitrogens with zero attached hydrogens (tertiary/aromatic N) is 4. The van der Waals surface area contributed by atoms with Crippen LogP contribution < -0.4 is 4.80 Å². The van der Waals surface area contributed by atoms with Crippen LogP contribution in [0.1, 0.15) is 5.56 Å². The van der Waals surface area contributed by atoms with E-state index in [-0.39, 0.29) is 5.75 Å². The van der Waals surface area contributed by atoms with Gasteiger partial charge in [0.05, 0.1) is 32.7 Å². The minimum absolute atomic E-state index is 0.150. The van der Waals surface area contributed by atoms with Crippen LogP contribution in [0, 0.1) is 0 Å². The van der Waals surface area contributed by atoms with E-state index in [2.05, 4.69) is 52.8 Å². The second kappa shape index (κ2) is 9.38. The van der Waals surface area contributed by atoms with Crippen molar-refractivity contribution in [3.8, 4) is 17.0 Å². The smallest absolute Gasteiger partial charge is 0.211 e. The number of hydrogen-bond donors (Lipinski definition) is 1. The van der Waals surface area contributed by atoms with Gasteiger partial charge in [-0.3, -0.25) is 4.98 Å². The number of thiazole rings is 1. The van der Waals surface area contributed by atoms with Crippen LogP contribution in [0.25, 0.3) is 11.3 Å². The number of rotatable bonds is 4. The summed E-state index contributed by atoms with van der Waals surface area (Å²) in [7, 11) is 0. The number of benzene rings is 2. The van der Waals surface area contributed by atoms with E-state index in [1.54, 1.807) is 35.4 Å². The Labute approximate surface area is 201 Å². The molecule has 1 N–H and O–H groups in total. The molecule has 0 saturated carbocycles. The van der Waals surface area contributed by atoms with Crippen molar-refractivity contribution in [1.29, 1.82) is 0 Å². The Morgan fingerprint density at radius 3 is 2.53 bits per heavy atom. The molecule has 150 valence electrons. The van der Waals surface area contributed by atoms with E-state index >= 15 is 0 Å². The molecule has 4 rings (SSSR count). The first-order valence-electron chi connectivity index (χ1n) is 8.65. The zero-order chi connectivity index (χ0) is 21.1. The molecule has 30 heavy (non-hydrogen) atoms. The van der Waals surface area contributed by atoms with E-state index in [4.69, 9.17) is 10.1 Å². The van der Waals surface area contributed by atoms with Crippen molar-refractivity contribution in [1.82, 2.24) is 9.66 Å². The Morgan fingerprint density at radius 2 is 1.83 bits per heavy atom. The van der Waals surface area contributed by atoms with Gasteiger partial charge in [0.15, 0.2) is 0 Å². The van der Waals surface area contributed by atoms with Crippen LogP contribution in [0.5, 0.6) is 5.75 Å². The van der Waals surface area contributed by atoms with Gasteiger partial charge in [0.2, 0.25) is 4.80 Å². The highest BCUT2D eigenvalue weighted by Crippen LogP contribution is 2.33. The minimum atomic E-state index is 0.150. The maximum absolute atomic E-state index is 9.94. The summed E-state index contributed by atoms with van der Waals surface area (Å²) in [6.07, 6.45) is 5.15. The summed E-state index contributed by atoms with van der Waals surface area (Å²) in [6.45, 7) is 0. The Kier molecular flexibility index (Phi) is 6.62. The van der Waals surface area contributed by atoms with Gasteiger partial charge in [-0.05, 0) is 73.8 Å². The van der Waals surface area contributed by atoms with Crippen molar-refractivity contribution in [3.05, 3.63) is 90.1 Å². The molecule has 0 saturated heterocycles. The third kappa shape index (κ3) is 4.80. The van der Waals surface area contributed by atoms with Crippen molar-refractivity contribution < 1.29 is 5.11 Å². The Hall–Kier alpha value is -2.07. The van der Waals surface area contributed by atoms with Crippen LogP contribution in [-0.2, 0) is 0 Å². The van der Waals surface area contributed by atoms with Crippen molar-refractivity contribution >= 4 is 71.0 Å². The standard InChI is InChI=1S/C21H13Br3N4OS/c22-15-4-1-3-14(9-15)19-12-30-21(27-16-5-2-6-25-11-16)28(19)26-10-13-7-17(23)20(29)18(24)8-13/h1-12,29H. The number of halogens is 3. The van der Waals surface area contributed by atoms with Crippen molar-refractivity contribution in [2.24, 2.45) is 10.1 Å². The van der Waals surface area contributed by atoms with Gasteiger partial charge in [0, 0.05) is 21.6 Å². The maximum atomic E-state index is 9.94. The fourth-order valence-electron chi connectivity index (χ4n) is 2.65. The number of hydrogen-bond acceptors (Lipinski definition) is 5. The fourth-order valence-corrected chi connectivity index (χ4v) is 5.13. The molecule has 0 spiro atoms. The van der Waals surface area contributed by atoms with Crippen LogP contribution in [0.15, 0.2) is 89.8 Å². The molecule has 0 fully saturated rings. The van der Waals surface area contributed by atoms with Gasteiger partial charge in [0.25, 0.3) is 0 Å². The molecular formula is C21H13Br3N4OS. The zero-order valence-electron chi connectivity index (χ0n) is 15.2. The van der Waals surface area contributed by atoms with Crippen LogP contribution >= 0.6 is 59.1 Å². The van der Waals surface area contributed by atoms with Crippen LogP contribution in [0.4, 0.5) is 5.69 Å². The lowest BCUT2D eigenvalue weighted by Crippen LogP contribution is -2.11. The Balaban J connectivity index is 1.85. The van der Waals surface area contributed by atoms with E-state index < -0.39 is 0 Å². The SMILES string of the molecule is Oc1c(Br)cc(C=Nn2c(-c3cccc(Br)c3)csc2=Nc2cccnc2)cc1Br. The summed E-state index contributed by atoms with van der Waals surface area (Å²) in [5, 5.41) is 16.7. The topological polar surface area (TPSA) is 62.8 Å². The zero-order valence-corrected chi connectivity index (χ0v) is 20.8. The first-order chi connectivity index (χ1) is 14.5. The summed E-state index contributed by atoms with van der Waals surface area (Å²) in [6, 6.07) is 15.4. The first kappa shape index (κ1) is 21.2. The summed E-state index contributed by atoms with van der Waals surface area (Å²) < 4.78 is 3.95. The van der Waals surface area contributed by atoms with E-state index in [0.29, 0.717) is 13.7 Å². The molecule has 0 amide bonds. The third-order valence-electron chi connectivity index (χ3n) is 4.04. The minimum Gasteiger partial charge on any atom is -0.506 e. The third-order valence-corrected chi connectivity index (χ3v) is 6.56. The van der Waals surface area contributed by atoms with Crippen molar-refractivity contribution in [2.75, 3.05) is 0 Å². The number of aromatic nitrogens is 2. The van der Waals surface area contributed by atoms with Gasteiger partial charge in [-0.25, -0.2) is 9.67 Å². The molecule has 0 atom stereocenters. The average Bonchev–Trinajstić information content (AvgIpc) is 3.13. The number of aromatic hydroxyl groups is 1. The molecule has 2 heterocycles. The van der Waals surface area contributed by atoms with E-state index in [0.717, 1.165) is 27.0 Å². The summed E-state index contributed by atoms with van der Waals surface area (Å²) in [5.41, 5.74) is 3.49. The summed E-state index contributed by atoms with van der Waals surface area (Å²) >= 11 is 11.7. The highest BCUT2D eigenvalue weighted by molar-refractivity contribution is 9.11. The van der Waals surface area contributed by atoms with Gasteiger partial charge in [-0.2, -0.15) is 5.10 Å². The van der Waals surface area contributed by atoms with Crippen LogP contribution in [0.3, 0.4) is 0 Å². The monoisotopic (exact) mass is 606 g/mol. The quantitative estimate of drug-likeness (QED) is 0.262. The molecular weight excluding hydrogens is 596 g/mol. The van der Waals surface area contributed by atoms with E-state index in [1.165, 1.54) is 11.3 Å². The van der Waals surface area contributed by atoms with Crippen LogP contribution in [-0.4, -0.2) is 21.0 Å². The number of phenolic OH excluding ortho intramolecular Hbond substituents is 1. The molecule has 0 aliphatic heterocycles. The first-order valence-corrected chi connectivity index (χ1v) is 11.9. The lowest BCUT2D eigenvalue weighted by Gasteiger charge is -2.05. The van der Waals surface area contributed by atoms with Gasteiger partial charge < -0.3 is 5.11 Å². The molecule has 5 nitrogen and oxygen atoms in total. The second-order valence-corrected chi connectivity index (χ2v) is 9.59. The Bertz CT molecular complexity index is 1280. The highest BCUT2D eigenvalue weighted by atomic mass is 79.9.